The van der Waals surface area contributed by atoms with Crippen LogP contribution in [0.15, 0.2) is 243 Å². The lowest BCUT2D eigenvalue weighted by Gasteiger charge is -2.27. The Balaban J connectivity index is 1.10. The van der Waals surface area contributed by atoms with Gasteiger partial charge in [0.1, 0.15) is 0 Å². The molecule has 0 aliphatic rings. The lowest BCUT2D eigenvalue weighted by molar-refractivity contribution is 0.235. The van der Waals surface area contributed by atoms with E-state index in [9.17, 15) is 0 Å². The van der Waals surface area contributed by atoms with Crippen molar-refractivity contribution in [2.75, 3.05) is 0 Å². The van der Waals surface area contributed by atoms with Gasteiger partial charge in [0.15, 0.2) is 11.5 Å². The fraction of sp³-hybridized carbons (Fsp3) is 0.250. The Kier molecular flexibility index (Phi) is 23.1. The highest BCUT2D eigenvalue weighted by molar-refractivity contribution is 6.10. The Hall–Kier alpha value is -11.1. The third kappa shape index (κ3) is 16.1. The summed E-state index contributed by atoms with van der Waals surface area (Å²) in [5.41, 5.74) is 51.5. The second-order valence-corrected chi connectivity index (χ2v) is 35.8. The van der Waals surface area contributed by atoms with Gasteiger partial charge in [0.25, 0.3) is 0 Å². The largest absolute Gasteiger partial charge is 0.553 e. The van der Waals surface area contributed by atoms with Crippen molar-refractivity contribution < 1.29 is 8.52 Å². The van der Waals surface area contributed by atoms with Gasteiger partial charge in [-0.05, 0) is 357 Å². The van der Waals surface area contributed by atoms with Crippen molar-refractivity contribution in [3.63, 3.8) is 0 Å². The van der Waals surface area contributed by atoms with E-state index in [2.05, 4.69) is 395 Å². The molecule has 0 spiro atoms. The molecule has 0 unspecified atom stereocenters. The van der Waals surface area contributed by atoms with Crippen LogP contribution in [0.1, 0.15) is 186 Å². The second-order valence-electron chi connectivity index (χ2n) is 35.2. The smallest absolute Gasteiger partial charge is 0.420 e. The minimum atomic E-state index is -0.489. The first-order valence-electron chi connectivity index (χ1n) is 41.4. The van der Waals surface area contributed by atoms with Gasteiger partial charge < -0.3 is 8.52 Å². The monoisotopic (exact) mass is 1520 g/mol. The van der Waals surface area contributed by atoms with Gasteiger partial charge in [-0.1, -0.05) is 260 Å². The lowest BCUT2D eigenvalue weighted by atomic mass is 9.79. The van der Waals surface area contributed by atoms with Crippen LogP contribution in [0.25, 0.3) is 89.0 Å². The van der Waals surface area contributed by atoms with E-state index in [-0.39, 0.29) is 10.8 Å². The molecule has 0 saturated heterocycles. The Bertz CT molecular complexity index is 5360. The molecule has 14 rings (SSSR count). The maximum Gasteiger partial charge on any atom is 0.420 e. The van der Waals surface area contributed by atoms with Crippen molar-refractivity contribution in [2.45, 2.75) is 189 Å². The minimum Gasteiger partial charge on any atom is -0.553 e. The molecule has 0 saturated carbocycles. The summed E-state index contributed by atoms with van der Waals surface area (Å²) >= 11 is 0. The van der Waals surface area contributed by atoms with Crippen molar-refractivity contribution in [1.29, 1.82) is 0 Å². The third-order valence-corrected chi connectivity index (χ3v) is 25.3. The summed E-state index contributed by atoms with van der Waals surface area (Å²) in [6, 6.07) is 92.2. The van der Waals surface area contributed by atoms with E-state index >= 15 is 0 Å². The second kappa shape index (κ2) is 33.0. The van der Waals surface area contributed by atoms with E-state index in [0.29, 0.717) is 25.7 Å². The maximum absolute atomic E-state index is 8.17. The molecule has 0 aromatic heterocycles. The van der Waals surface area contributed by atoms with E-state index in [1.165, 1.54) is 211 Å². The number of rotatable bonds is 19. The standard InChI is InChI=1S/C112H114O2Si/c1-67-35-23-36-68(2)101(67)89-51-31-52-90(102-69(3)37-24-38-70(102)4)97(89)63-83-59-87(111(17,18)19)60-84(64-98-91(103-71(5)39-25-40-72(103)6)53-32-54-92(98)104-73(7)41-26-42-74(104)8)109(83)113-115-114-110-85(65-99-93(105-75(9)43-27-44-76(105)10)55-33-56-94(99)106-77(11)45-28-46-78(106)12)61-88(112(20,21)22)62-86(110)66-100-95(107-79(13)47-29-48-80(107)14)57-34-58-96(100)108-81(15)49-30-50-82(108)16/h23-62H,63-66H2,1-22H3. The van der Waals surface area contributed by atoms with Crippen LogP contribution in [0, 0.1) is 111 Å². The van der Waals surface area contributed by atoms with E-state index < -0.39 is 9.65 Å². The summed E-state index contributed by atoms with van der Waals surface area (Å²) in [4.78, 5) is 0. The van der Waals surface area contributed by atoms with Gasteiger partial charge in [0.2, 0.25) is 0 Å². The highest BCUT2D eigenvalue weighted by atomic mass is 28.2. The fourth-order valence-corrected chi connectivity index (χ4v) is 19.7. The van der Waals surface area contributed by atoms with Crippen LogP contribution >= 0.6 is 0 Å². The maximum atomic E-state index is 8.17. The molecular weight excluding hydrogens is 1410 g/mol. The zero-order valence-corrected chi connectivity index (χ0v) is 73.2. The predicted octanol–water partition coefficient (Wildman–Crippen LogP) is 30.2. The van der Waals surface area contributed by atoms with Crippen LogP contribution < -0.4 is 4.43 Å². The molecule has 578 valence electrons. The zero-order chi connectivity index (χ0) is 81.6. The summed E-state index contributed by atoms with van der Waals surface area (Å²) in [7, 11) is -0.489. The van der Waals surface area contributed by atoms with Gasteiger partial charge in [-0.15, -0.1) is 0 Å². The molecule has 0 aliphatic carbocycles. The minimum absolute atomic E-state index is 0.270. The van der Waals surface area contributed by atoms with Gasteiger partial charge in [0.05, 0.1) is 0 Å². The first-order chi connectivity index (χ1) is 55.0. The van der Waals surface area contributed by atoms with Crippen molar-refractivity contribution in [2.24, 2.45) is 0 Å². The molecule has 0 radical (unpaired) electrons. The number of hydrogen-bond acceptors (Lipinski definition) is 1. The lowest BCUT2D eigenvalue weighted by Crippen LogP contribution is -2.15. The molecule has 0 N–H and O–H groups in total. The SMILES string of the molecule is Cc1cccc(C)c1-c1cccc(-c2c(C)cccc2C)c1Cc1cc(C(C)(C)C)cc(Cc2c(-c3c(C)cccc3C)cccc2-c2c(C)cccc2C)c1O[Si-]=[O+]c1c(Cc2c(-c3c(C)cccc3C)cccc2-c2c(C)cccc2C)cc(C(C)(C)C)cc1Cc1c(-c2c(C)cccc2C)cccc1-c1c(C)cccc1C. The predicted molar refractivity (Wildman–Crippen MR) is 493 cm³/mol. The van der Waals surface area contributed by atoms with Gasteiger partial charge in [0, 0.05) is 47.9 Å². The van der Waals surface area contributed by atoms with Crippen LogP contribution in [0.2, 0.25) is 0 Å². The van der Waals surface area contributed by atoms with Gasteiger partial charge >= 0.3 is 9.65 Å². The first-order valence-corrected chi connectivity index (χ1v) is 42.2. The normalized spacial score (nSPS) is 11.8. The van der Waals surface area contributed by atoms with Gasteiger partial charge in [-0.3, -0.25) is 0 Å². The summed E-state index contributed by atoms with van der Waals surface area (Å²) in [6.07, 6.45) is 2.31. The van der Waals surface area contributed by atoms with Gasteiger partial charge in [-0.2, -0.15) is 0 Å². The van der Waals surface area contributed by atoms with Crippen molar-refractivity contribution in [3.8, 4) is 101 Å². The molecule has 0 atom stereocenters. The van der Waals surface area contributed by atoms with Crippen molar-refractivity contribution in [1.82, 2.24) is 0 Å². The number of aryl methyl sites for hydroxylation is 16. The zero-order valence-electron chi connectivity index (χ0n) is 72.2. The van der Waals surface area contributed by atoms with Crippen LogP contribution in [-0.2, 0) is 40.6 Å². The van der Waals surface area contributed by atoms with E-state index in [1.54, 1.807) is 0 Å². The average molecular weight is 1520 g/mol. The van der Waals surface area contributed by atoms with Crippen LogP contribution in [-0.4, -0.2) is 9.65 Å². The quantitative estimate of drug-likeness (QED) is 0.0584. The molecule has 0 fully saturated rings. The average Bonchev–Trinajstić information content (AvgIpc) is 0.762. The molecule has 0 amide bonds. The van der Waals surface area contributed by atoms with E-state index in [1.807, 2.05) is 0 Å². The molecular formula is C112H114O2Si. The summed E-state index contributed by atoms with van der Waals surface area (Å²) in [5.74, 6) is 1.70. The molecule has 115 heavy (non-hydrogen) atoms. The molecule has 0 bridgehead atoms. The van der Waals surface area contributed by atoms with E-state index in [4.69, 9.17) is 8.52 Å². The molecule has 2 nitrogen and oxygen atoms in total. The van der Waals surface area contributed by atoms with E-state index in [0.717, 1.165) is 33.8 Å². The Morgan fingerprint density at radius 3 is 0.557 bits per heavy atom. The molecule has 14 aromatic carbocycles. The Morgan fingerprint density at radius 2 is 0.383 bits per heavy atom. The number of hydrogen-bond donors (Lipinski definition) is 0. The molecule has 3 heteroatoms. The summed E-state index contributed by atoms with van der Waals surface area (Å²) < 4.78 is 16.3. The molecule has 0 aliphatic heterocycles. The first kappa shape index (κ1) is 80.5. The summed E-state index contributed by atoms with van der Waals surface area (Å²) in [6.45, 7) is 50.7. The van der Waals surface area contributed by atoms with Crippen molar-refractivity contribution in [3.05, 3.63) is 387 Å². The molecule has 14 aromatic rings. The summed E-state index contributed by atoms with van der Waals surface area (Å²) in [5, 5.41) is 0. The number of benzene rings is 14. The highest BCUT2D eigenvalue weighted by Crippen LogP contribution is 2.49. The topological polar surface area (TPSA) is 20.5 Å². The fourth-order valence-electron chi connectivity index (χ4n) is 18.9. The van der Waals surface area contributed by atoms with Gasteiger partial charge in [-0.25, -0.2) is 0 Å². The Labute approximate surface area is 690 Å². The van der Waals surface area contributed by atoms with Crippen molar-refractivity contribution >= 4 is 9.65 Å². The third-order valence-electron chi connectivity index (χ3n) is 24.7. The van der Waals surface area contributed by atoms with Crippen LogP contribution in [0.4, 0.5) is 0 Å². The Morgan fingerprint density at radius 1 is 0.226 bits per heavy atom. The highest BCUT2D eigenvalue weighted by Gasteiger charge is 2.31. The van der Waals surface area contributed by atoms with Crippen LogP contribution in [0.3, 0.4) is 0 Å². The molecule has 0 heterocycles. The van der Waals surface area contributed by atoms with Crippen LogP contribution in [0.5, 0.6) is 11.5 Å².